The molecular weight excluding hydrogens is 488 g/mol. The van der Waals surface area contributed by atoms with Gasteiger partial charge in [-0.15, -0.1) is 0 Å². The molecule has 1 aliphatic heterocycles. The second-order valence-corrected chi connectivity index (χ2v) is 9.16. The molecule has 1 aromatic carbocycles. The number of carbonyl (C=O) groups is 1. The van der Waals surface area contributed by atoms with E-state index < -0.39 is 17.9 Å². The van der Waals surface area contributed by atoms with E-state index in [-0.39, 0.29) is 23.5 Å². The smallest absolute Gasteiger partial charge is 0.352 e. The lowest BCUT2D eigenvalue weighted by Gasteiger charge is -2.26. The van der Waals surface area contributed by atoms with Gasteiger partial charge in [-0.05, 0) is 32.0 Å². The molecule has 1 N–H and O–H groups in total. The van der Waals surface area contributed by atoms with Gasteiger partial charge < -0.3 is 10.2 Å². The number of benzene rings is 1. The molecule has 3 aromatic rings. The Bertz CT molecular complexity index is 1350. The Morgan fingerprint density at radius 2 is 2.05 bits per heavy atom. The Labute approximate surface area is 211 Å². The highest BCUT2D eigenvalue weighted by Crippen LogP contribution is 2.38. The number of allylic oxidation sites excluding steroid dienone is 1. The summed E-state index contributed by atoms with van der Waals surface area (Å²) in [7, 11) is 3.53. The third-order valence-corrected chi connectivity index (χ3v) is 6.24. The first kappa shape index (κ1) is 26.5. The number of piperidine rings is 1. The third-order valence-electron chi connectivity index (χ3n) is 6.24. The molecule has 37 heavy (non-hydrogen) atoms. The fourth-order valence-corrected chi connectivity index (χ4v) is 4.23. The summed E-state index contributed by atoms with van der Waals surface area (Å²) in [6.45, 7) is 4.42. The molecule has 0 radical (unpaired) electrons. The second-order valence-electron chi connectivity index (χ2n) is 9.16. The van der Waals surface area contributed by atoms with Crippen molar-refractivity contribution in [2.24, 2.45) is 12.0 Å². The van der Waals surface area contributed by atoms with Crippen LogP contribution in [-0.2, 0) is 13.5 Å². The monoisotopic (exact) mass is 516 g/mol. The minimum Gasteiger partial charge on any atom is -0.352 e. The topological polar surface area (TPSA) is 75.4 Å². The molecule has 0 aliphatic carbocycles. The van der Waals surface area contributed by atoms with Crippen LogP contribution in [0.5, 0.6) is 0 Å². The van der Waals surface area contributed by atoms with Crippen molar-refractivity contribution >= 4 is 33.7 Å². The molecule has 1 atom stereocenters. The number of fused-ring (bicyclic) bond motifs is 1. The number of likely N-dealkylation sites (tertiary alicyclic amines) is 1. The molecule has 1 aliphatic rings. The number of nitrogens with one attached hydrogen (secondary N) is 1. The first-order chi connectivity index (χ1) is 17.5. The van der Waals surface area contributed by atoms with E-state index in [0.29, 0.717) is 60.4 Å². The Kier molecular flexibility index (Phi) is 7.72. The number of halogens is 4. The van der Waals surface area contributed by atoms with E-state index in [0.717, 1.165) is 0 Å². The summed E-state index contributed by atoms with van der Waals surface area (Å²) in [5, 5.41) is 7.43. The summed E-state index contributed by atoms with van der Waals surface area (Å²) in [5.41, 5.74) is 0.247. The van der Waals surface area contributed by atoms with Gasteiger partial charge in [0, 0.05) is 55.8 Å². The normalized spacial score (nSPS) is 17.9. The lowest BCUT2D eigenvalue weighted by atomic mass is 10.0. The Morgan fingerprint density at radius 3 is 2.73 bits per heavy atom. The minimum absolute atomic E-state index is 0.220. The van der Waals surface area contributed by atoms with Gasteiger partial charge in [-0.1, -0.05) is 18.7 Å². The number of amides is 1. The van der Waals surface area contributed by atoms with Crippen molar-refractivity contribution in [3.63, 3.8) is 0 Å². The largest absolute Gasteiger partial charge is 0.417 e. The van der Waals surface area contributed by atoms with Crippen LogP contribution in [0.2, 0.25) is 0 Å². The number of carbonyl (C=O) groups excluding carboxylic acids is 1. The minimum atomic E-state index is -4.67. The predicted octanol–water partition coefficient (Wildman–Crippen LogP) is 4.65. The predicted molar refractivity (Wildman–Crippen MR) is 135 cm³/mol. The van der Waals surface area contributed by atoms with Crippen LogP contribution in [0.1, 0.15) is 34.6 Å². The quantitative estimate of drug-likeness (QED) is 0.366. The molecule has 1 amide bonds. The van der Waals surface area contributed by atoms with Gasteiger partial charge in [0.25, 0.3) is 5.91 Å². The SMILES string of the molecule is C=C(c1nc(CCCNC(=O)c2cnn(C)c2)cc2c(N=C3CCN(C)C[C@@H]3F)cccc12)C(F)(F)F. The van der Waals surface area contributed by atoms with Gasteiger partial charge in [-0.3, -0.25) is 19.5 Å². The lowest BCUT2D eigenvalue weighted by Crippen LogP contribution is -2.39. The summed E-state index contributed by atoms with van der Waals surface area (Å²) in [5.74, 6) is -0.289. The molecule has 0 saturated carbocycles. The summed E-state index contributed by atoms with van der Waals surface area (Å²) < 4.78 is 57.1. The maximum Gasteiger partial charge on any atom is 0.417 e. The zero-order valence-corrected chi connectivity index (χ0v) is 20.6. The van der Waals surface area contributed by atoms with Gasteiger partial charge in [0.15, 0.2) is 6.17 Å². The summed E-state index contributed by atoms with van der Waals surface area (Å²) in [6.07, 6.45) is -1.69. The van der Waals surface area contributed by atoms with Crippen LogP contribution < -0.4 is 5.32 Å². The van der Waals surface area contributed by atoms with Crippen molar-refractivity contribution in [1.29, 1.82) is 0 Å². The number of alkyl halides is 4. The zero-order valence-electron chi connectivity index (χ0n) is 20.6. The van der Waals surface area contributed by atoms with Crippen LogP contribution in [0.3, 0.4) is 0 Å². The summed E-state index contributed by atoms with van der Waals surface area (Å²) in [4.78, 5) is 22.9. The molecule has 196 valence electrons. The van der Waals surface area contributed by atoms with Crippen LogP contribution >= 0.6 is 0 Å². The van der Waals surface area contributed by atoms with Gasteiger partial charge in [0.05, 0.1) is 34.4 Å². The summed E-state index contributed by atoms with van der Waals surface area (Å²) in [6, 6.07) is 6.48. The molecule has 7 nitrogen and oxygen atoms in total. The van der Waals surface area contributed by atoms with Crippen molar-refractivity contribution in [2.45, 2.75) is 31.6 Å². The van der Waals surface area contributed by atoms with E-state index in [9.17, 15) is 22.4 Å². The van der Waals surface area contributed by atoms with Crippen LogP contribution in [0, 0.1) is 0 Å². The van der Waals surface area contributed by atoms with E-state index in [1.54, 1.807) is 31.4 Å². The maximum absolute atomic E-state index is 14.6. The van der Waals surface area contributed by atoms with Crippen molar-refractivity contribution in [2.75, 3.05) is 26.7 Å². The molecule has 4 rings (SSSR count). The number of aliphatic imine (C=N–C) groups is 1. The molecule has 3 heterocycles. The standard InChI is InChI=1S/C26H28F4N6O/c1-16(26(28,29)30)24-19-7-4-8-22(34-23-9-11-35(2)15-21(23)27)20(19)12-18(33-24)6-5-10-31-25(37)17-13-32-36(3)14-17/h4,7-8,12-14,21H,1,5-6,9-11,15H2,2-3H3,(H,31,37)/t21-/m0/s1. The highest BCUT2D eigenvalue weighted by atomic mass is 19.4. The van der Waals surface area contributed by atoms with Crippen LogP contribution in [-0.4, -0.2) is 70.3 Å². The van der Waals surface area contributed by atoms with Gasteiger partial charge in [-0.25, -0.2) is 4.39 Å². The average molecular weight is 517 g/mol. The number of pyridine rings is 1. The van der Waals surface area contributed by atoms with E-state index in [4.69, 9.17) is 0 Å². The van der Waals surface area contributed by atoms with Gasteiger partial charge in [-0.2, -0.15) is 18.3 Å². The number of hydrogen-bond donors (Lipinski definition) is 1. The first-order valence-corrected chi connectivity index (χ1v) is 11.9. The first-order valence-electron chi connectivity index (χ1n) is 11.9. The van der Waals surface area contributed by atoms with Gasteiger partial charge >= 0.3 is 6.18 Å². The van der Waals surface area contributed by atoms with Gasteiger partial charge in [0.2, 0.25) is 0 Å². The Balaban J connectivity index is 1.62. The second kappa shape index (κ2) is 10.8. The van der Waals surface area contributed by atoms with E-state index >= 15 is 0 Å². The number of hydrogen-bond acceptors (Lipinski definition) is 5. The fraction of sp³-hybridized carbons (Fsp3) is 0.385. The fourth-order valence-electron chi connectivity index (χ4n) is 4.23. The molecule has 11 heteroatoms. The summed E-state index contributed by atoms with van der Waals surface area (Å²) >= 11 is 0. The lowest BCUT2D eigenvalue weighted by molar-refractivity contribution is -0.0688. The highest BCUT2D eigenvalue weighted by molar-refractivity contribution is 6.02. The molecule has 1 fully saturated rings. The van der Waals surface area contributed by atoms with Crippen molar-refractivity contribution in [3.05, 3.63) is 60.2 Å². The van der Waals surface area contributed by atoms with Crippen molar-refractivity contribution < 1.29 is 22.4 Å². The number of aromatic nitrogens is 3. The van der Waals surface area contributed by atoms with Crippen molar-refractivity contribution in [3.8, 4) is 0 Å². The van der Waals surface area contributed by atoms with Crippen molar-refractivity contribution in [1.82, 2.24) is 25.0 Å². The zero-order chi connectivity index (χ0) is 26.7. The molecule has 0 unspecified atom stereocenters. The van der Waals surface area contributed by atoms with Gasteiger partial charge in [0.1, 0.15) is 0 Å². The Morgan fingerprint density at radius 1 is 1.27 bits per heavy atom. The molecule has 1 saturated heterocycles. The molecule has 0 spiro atoms. The number of rotatable bonds is 7. The van der Waals surface area contributed by atoms with E-state index in [2.05, 4.69) is 27.0 Å². The maximum atomic E-state index is 14.6. The number of nitrogens with zero attached hydrogens (tertiary/aromatic N) is 5. The molecular formula is C26H28F4N6O. The van der Waals surface area contributed by atoms with E-state index in [1.165, 1.54) is 16.9 Å². The average Bonchev–Trinajstić information content (AvgIpc) is 3.28. The van der Waals surface area contributed by atoms with Crippen LogP contribution in [0.25, 0.3) is 16.3 Å². The number of aryl methyl sites for hydroxylation is 2. The Hall–Kier alpha value is -3.60. The third kappa shape index (κ3) is 6.22. The van der Waals surface area contributed by atoms with Crippen LogP contribution in [0.4, 0.5) is 23.2 Å². The molecule has 2 aromatic heterocycles. The van der Waals surface area contributed by atoms with Crippen LogP contribution in [0.15, 0.2) is 48.2 Å². The van der Waals surface area contributed by atoms with E-state index in [1.807, 2.05) is 11.9 Å². The molecule has 0 bridgehead atoms. The highest BCUT2D eigenvalue weighted by Gasteiger charge is 2.35.